The zero-order valence-electron chi connectivity index (χ0n) is 19.6. The maximum absolute atomic E-state index is 13.8. The first-order valence-corrected chi connectivity index (χ1v) is 13.7. The van der Waals surface area contributed by atoms with Crippen molar-refractivity contribution in [3.63, 3.8) is 0 Å². The average Bonchev–Trinajstić information content (AvgIpc) is 3.29. The highest BCUT2D eigenvalue weighted by molar-refractivity contribution is 7.89. The van der Waals surface area contributed by atoms with Gasteiger partial charge >= 0.3 is 0 Å². The summed E-state index contributed by atoms with van der Waals surface area (Å²) in [6, 6.07) is 2.30. The maximum atomic E-state index is 13.8. The molecular weight excluding hydrogens is 448 g/mol. The SMILES string of the molecule is Cc1ccc(S(=O)(=O)N2CCC[C@H]2C(=O)N(C)C2CCC(F)(F)CC2)c(C2CCCCC2)n1. The van der Waals surface area contributed by atoms with E-state index in [1.807, 2.05) is 6.92 Å². The number of alkyl halides is 2. The predicted octanol–water partition coefficient (Wildman–Crippen LogP) is 4.63. The Morgan fingerprint density at radius 3 is 2.39 bits per heavy atom. The zero-order valence-corrected chi connectivity index (χ0v) is 20.4. The molecule has 4 rings (SSSR count). The van der Waals surface area contributed by atoms with E-state index in [0.29, 0.717) is 18.5 Å². The van der Waals surface area contributed by atoms with Crippen LogP contribution in [0.1, 0.15) is 87.9 Å². The molecule has 2 heterocycles. The molecule has 2 aliphatic carbocycles. The van der Waals surface area contributed by atoms with Crippen LogP contribution in [0.2, 0.25) is 0 Å². The Hall–Kier alpha value is -1.61. The van der Waals surface area contributed by atoms with Crippen LogP contribution in [0.15, 0.2) is 17.0 Å². The molecule has 6 nitrogen and oxygen atoms in total. The fourth-order valence-electron chi connectivity index (χ4n) is 5.68. The number of hydrogen-bond donors (Lipinski definition) is 0. The number of amides is 1. The topological polar surface area (TPSA) is 70.6 Å². The standard InChI is InChI=1S/C24H35F2N3O3S/c1-17-10-11-21(22(27-17)18-7-4-3-5-8-18)33(31,32)29-16-6-9-20(29)23(30)28(2)19-12-14-24(25,26)15-13-19/h10-11,18-20H,3-9,12-16H2,1-2H3/t20-/m0/s1. The average molecular weight is 484 g/mol. The summed E-state index contributed by atoms with van der Waals surface area (Å²) < 4.78 is 56.1. The number of sulfonamides is 1. The lowest BCUT2D eigenvalue weighted by atomic mass is 9.86. The largest absolute Gasteiger partial charge is 0.341 e. The van der Waals surface area contributed by atoms with Crippen LogP contribution >= 0.6 is 0 Å². The summed E-state index contributed by atoms with van der Waals surface area (Å²) in [4.78, 5) is 19.7. The summed E-state index contributed by atoms with van der Waals surface area (Å²) >= 11 is 0. The predicted molar refractivity (Wildman–Crippen MR) is 122 cm³/mol. The number of carbonyl (C=O) groups is 1. The third-order valence-electron chi connectivity index (χ3n) is 7.67. The second-order valence-electron chi connectivity index (χ2n) is 9.98. The van der Waals surface area contributed by atoms with Crippen molar-refractivity contribution in [2.24, 2.45) is 0 Å². The monoisotopic (exact) mass is 483 g/mol. The van der Waals surface area contributed by atoms with E-state index in [1.165, 1.54) is 9.21 Å². The van der Waals surface area contributed by atoms with Gasteiger partial charge < -0.3 is 4.90 Å². The van der Waals surface area contributed by atoms with Gasteiger partial charge in [-0.05, 0) is 57.6 Å². The Morgan fingerprint density at radius 2 is 1.73 bits per heavy atom. The number of aryl methyl sites for hydroxylation is 1. The molecule has 1 saturated heterocycles. The van der Waals surface area contributed by atoms with Crippen molar-refractivity contribution in [2.45, 2.75) is 106 Å². The van der Waals surface area contributed by atoms with Gasteiger partial charge in [-0.15, -0.1) is 0 Å². The van der Waals surface area contributed by atoms with E-state index in [-0.39, 0.29) is 55.0 Å². The van der Waals surface area contributed by atoms with Crippen molar-refractivity contribution >= 4 is 15.9 Å². The van der Waals surface area contributed by atoms with E-state index >= 15 is 0 Å². The van der Waals surface area contributed by atoms with Crippen LogP contribution in [-0.2, 0) is 14.8 Å². The molecular formula is C24H35F2N3O3S. The molecule has 0 aromatic carbocycles. The second-order valence-corrected chi connectivity index (χ2v) is 11.8. The summed E-state index contributed by atoms with van der Waals surface area (Å²) in [7, 11) is -2.28. The van der Waals surface area contributed by atoms with Gasteiger partial charge in [0.05, 0.1) is 5.69 Å². The van der Waals surface area contributed by atoms with E-state index in [2.05, 4.69) is 4.98 Å². The van der Waals surface area contributed by atoms with E-state index in [1.54, 1.807) is 19.2 Å². The van der Waals surface area contributed by atoms with E-state index in [9.17, 15) is 22.0 Å². The van der Waals surface area contributed by atoms with Gasteiger partial charge in [0.25, 0.3) is 0 Å². The van der Waals surface area contributed by atoms with Crippen LogP contribution in [0.4, 0.5) is 8.78 Å². The summed E-state index contributed by atoms with van der Waals surface area (Å²) in [5.74, 6) is -2.84. The van der Waals surface area contributed by atoms with Gasteiger partial charge in [0.1, 0.15) is 10.9 Å². The molecule has 0 unspecified atom stereocenters. The van der Waals surface area contributed by atoms with Gasteiger partial charge in [0, 0.05) is 44.1 Å². The van der Waals surface area contributed by atoms with Crippen molar-refractivity contribution in [1.82, 2.24) is 14.2 Å². The molecule has 1 aromatic rings. The lowest BCUT2D eigenvalue weighted by molar-refractivity contribution is -0.138. The quantitative estimate of drug-likeness (QED) is 0.612. The highest BCUT2D eigenvalue weighted by Crippen LogP contribution is 2.38. The number of aromatic nitrogens is 1. The number of likely N-dealkylation sites (N-methyl/N-ethyl adjacent to an activating group) is 1. The van der Waals surface area contributed by atoms with Crippen molar-refractivity contribution in [1.29, 1.82) is 0 Å². The fourth-order valence-corrected chi connectivity index (χ4v) is 7.55. The van der Waals surface area contributed by atoms with Gasteiger partial charge in [-0.25, -0.2) is 17.2 Å². The zero-order chi connectivity index (χ0) is 23.8. The number of halogens is 2. The summed E-state index contributed by atoms with van der Waals surface area (Å²) in [5, 5.41) is 0. The number of pyridine rings is 1. The molecule has 0 N–H and O–H groups in total. The molecule has 3 fully saturated rings. The summed E-state index contributed by atoms with van der Waals surface area (Å²) in [6.07, 6.45) is 6.20. The first-order valence-electron chi connectivity index (χ1n) is 12.2. The smallest absolute Gasteiger partial charge is 0.248 e. The number of rotatable bonds is 5. The lowest BCUT2D eigenvalue weighted by Crippen LogP contribution is -2.50. The molecule has 0 radical (unpaired) electrons. The summed E-state index contributed by atoms with van der Waals surface area (Å²) in [6.45, 7) is 2.15. The molecule has 1 amide bonds. The van der Waals surface area contributed by atoms with E-state index < -0.39 is 22.0 Å². The number of carbonyl (C=O) groups excluding carboxylic acids is 1. The van der Waals surface area contributed by atoms with Crippen LogP contribution in [0.5, 0.6) is 0 Å². The van der Waals surface area contributed by atoms with Gasteiger partial charge in [-0.1, -0.05) is 19.3 Å². The number of nitrogens with zero attached hydrogens (tertiary/aromatic N) is 3. The van der Waals surface area contributed by atoms with Crippen molar-refractivity contribution in [3.05, 3.63) is 23.5 Å². The van der Waals surface area contributed by atoms with Crippen LogP contribution in [-0.4, -0.2) is 60.1 Å². The highest BCUT2D eigenvalue weighted by atomic mass is 32.2. The van der Waals surface area contributed by atoms with Crippen molar-refractivity contribution in [2.75, 3.05) is 13.6 Å². The first-order chi connectivity index (χ1) is 15.6. The molecule has 1 aliphatic heterocycles. The van der Waals surface area contributed by atoms with Gasteiger partial charge in [0.15, 0.2) is 0 Å². The minimum atomic E-state index is -3.91. The summed E-state index contributed by atoms with van der Waals surface area (Å²) in [5.41, 5.74) is 1.42. The second kappa shape index (κ2) is 9.56. The molecule has 33 heavy (non-hydrogen) atoms. The Morgan fingerprint density at radius 1 is 1.06 bits per heavy atom. The van der Waals surface area contributed by atoms with Gasteiger partial charge in [-0.2, -0.15) is 4.31 Å². The third kappa shape index (κ3) is 5.09. The van der Waals surface area contributed by atoms with Crippen LogP contribution in [0.3, 0.4) is 0 Å². The normalized spacial score (nSPS) is 25.3. The van der Waals surface area contributed by atoms with Crippen LogP contribution in [0, 0.1) is 6.92 Å². The van der Waals surface area contributed by atoms with Crippen molar-refractivity contribution in [3.8, 4) is 0 Å². The molecule has 3 aliphatic rings. The fraction of sp³-hybridized carbons (Fsp3) is 0.750. The van der Waals surface area contributed by atoms with E-state index in [0.717, 1.165) is 37.8 Å². The molecule has 184 valence electrons. The Balaban J connectivity index is 1.57. The number of hydrogen-bond acceptors (Lipinski definition) is 4. The molecule has 2 saturated carbocycles. The minimum Gasteiger partial charge on any atom is -0.341 e. The Labute approximate surface area is 195 Å². The first kappa shape index (κ1) is 24.5. The van der Waals surface area contributed by atoms with Crippen LogP contribution < -0.4 is 0 Å². The third-order valence-corrected chi connectivity index (χ3v) is 9.63. The Bertz CT molecular complexity index is 969. The minimum absolute atomic E-state index is 0.117. The highest BCUT2D eigenvalue weighted by Gasteiger charge is 2.44. The van der Waals surface area contributed by atoms with Crippen LogP contribution in [0.25, 0.3) is 0 Å². The molecule has 0 bridgehead atoms. The molecule has 1 aromatic heterocycles. The maximum Gasteiger partial charge on any atom is 0.248 e. The van der Waals surface area contributed by atoms with Gasteiger partial charge in [-0.3, -0.25) is 9.78 Å². The van der Waals surface area contributed by atoms with Gasteiger partial charge in [0.2, 0.25) is 21.9 Å². The molecule has 9 heteroatoms. The van der Waals surface area contributed by atoms with Crippen molar-refractivity contribution < 1.29 is 22.0 Å². The lowest BCUT2D eigenvalue weighted by Gasteiger charge is -2.37. The molecule has 1 atom stereocenters. The molecule has 0 spiro atoms. The van der Waals surface area contributed by atoms with E-state index in [4.69, 9.17) is 0 Å². The Kier molecular flexibility index (Phi) is 7.10.